The number of anilines is 1. The molecule has 0 aliphatic heterocycles. The number of nitrogens with one attached hydrogen (secondary N) is 1. The summed E-state index contributed by atoms with van der Waals surface area (Å²) < 4.78 is 4.86. The van der Waals surface area contributed by atoms with E-state index in [1.807, 2.05) is 24.3 Å². The maximum atomic E-state index is 10.8. The first-order chi connectivity index (χ1) is 8.58. The number of ether oxygens (including phenoxy) is 1. The van der Waals surface area contributed by atoms with Gasteiger partial charge in [0, 0.05) is 19.5 Å². The Hall–Kier alpha value is -1.84. The molecule has 1 aromatic rings. The molecule has 1 aromatic carbocycles. The molecule has 0 spiro atoms. The number of unbranched alkanes of at least 4 members (excludes halogenated alkanes) is 1. The average molecular weight is 249 g/mol. The number of esters is 1. The molecule has 0 aliphatic carbocycles. The molecule has 0 saturated carbocycles. The number of amides is 1. The molecule has 0 saturated heterocycles. The zero-order valence-corrected chi connectivity index (χ0v) is 10.9. The van der Waals surface area contributed by atoms with E-state index in [1.165, 1.54) is 19.4 Å². The molecular weight excluding hydrogens is 230 g/mol. The summed E-state index contributed by atoms with van der Waals surface area (Å²) in [6.45, 7) is 3.39. The van der Waals surface area contributed by atoms with Crippen molar-refractivity contribution in [3.05, 3.63) is 29.8 Å². The van der Waals surface area contributed by atoms with Gasteiger partial charge >= 0.3 is 5.97 Å². The highest BCUT2D eigenvalue weighted by Gasteiger charge is 1.98. The van der Waals surface area contributed by atoms with Crippen molar-refractivity contribution in [2.45, 2.75) is 33.1 Å². The second-order valence-electron chi connectivity index (χ2n) is 4.18. The van der Waals surface area contributed by atoms with Gasteiger partial charge in [0.1, 0.15) is 0 Å². The maximum Gasteiger partial charge on any atom is 0.302 e. The van der Waals surface area contributed by atoms with Crippen molar-refractivity contribution >= 4 is 17.6 Å². The summed E-state index contributed by atoms with van der Waals surface area (Å²) in [6, 6.07) is 7.78. The monoisotopic (exact) mass is 249 g/mol. The van der Waals surface area contributed by atoms with Crippen molar-refractivity contribution in [3.8, 4) is 0 Å². The molecule has 1 N–H and O–H groups in total. The molecule has 4 heteroatoms. The molecule has 0 atom stereocenters. The lowest BCUT2D eigenvalue weighted by atomic mass is 10.1. The topological polar surface area (TPSA) is 55.4 Å². The number of benzene rings is 1. The van der Waals surface area contributed by atoms with Gasteiger partial charge in [-0.05, 0) is 37.0 Å². The van der Waals surface area contributed by atoms with Crippen LogP contribution in [0.5, 0.6) is 0 Å². The number of carbonyl (C=O) groups excluding carboxylic acids is 2. The second-order valence-corrected chi connectivity index (χ2v) is 4.18. The van der Waals surface area contributed by atoms with Crippen molar-refractivity contribution < 1.29 is 14.3 Å². The van der Waals surface area contributed by atoms with Crippen LogP contribution >= 0.6 is 0 Å². The Morgan fingerprint density at radius 1 is 1.11 bits per heavy atom. The van der Waals surface area contributed by atoms with Crippen LogP contribution in [-0.4, -0.2) is 18.5 Å². The highest BCUT2D eigenvalue weighted by molar-refractivity contribution is 5.88. The minimum atomic E-state index is -0.227. The Balaban J connectivity index is 2.26. The summed E-state index contributed by atoms with van der Waals surface area (Å²) in [5.74, 6) is -0.293. The van der Waals surface area contributed by atoms with Crippen LogP contribution in [0.1, 0.15) is 32.3 Å². The predicted octanol–water partition coefficient (Wildman–Crippen LogP) is 2.53. The fourth-order valence-electron chi connectivity index (χ4n) is 1.61. The molecular formula is C14H19NO3. The third-order valence-electron chi connectivity index (χ3n) is 2.44. The Kier molecular flexibility index (Phi) is 5.91. The summed E-state index contributed by atoms with van der Waals surface area (Å²) in [6.07, 6.45) is 2.79. The molecule has 0 unspecified atom stereocenters. The maximum absolute atomic E-state index is 10.8. The largest absolute Gasteiger partial charge is 0.466 e. The van der Waals surface area contributed by atoms with E-state index in [9.17, 15) is 9.59 Å². The summed E-state index contributed by atoms with van der Waals surface area (Å²) in [5, 5.41) is 2.72. The van der Waals surface area contributed by atoms with Crippen molar-refractivity contribution in [2.24, 2.45) is 0 Å². The van der Waals surface area contributed by atoms with Crippen LogP contribution in [0.4, 0.5) is 5.69 Å². The molecule has 98 valence electrons. The van der Waals surface area contributed by atoms with Crippen LogP contribution in [0.3, 0.4) is 0 Å². The molecule has 0 fully saturated rings. The third-order valence-corrected chi connectivity index (χ3v) is 2.44. The van der Waals surface area contributed by atoms with E-state index in [0.29, 0.717) is 6.61 Å². The Labute approximate surface area is 107 Å². The minimum Gasteiger partial charge on any atom is -0.466 e. The number of hydrogen-bond donors (Lipinski definition) is 1. The highest BCUT2D eigenvalue weighted by atomic mass is 16.5. The van der Waals surface area contributed by atoms with E-state index in [0.717, 1.165) is 24.9 Å². The van der Waals surface area contributed by atoms with Crippen LogP contribution in [0.25, 0.3) is 0 Å². The van der Waals surface area contributed by atoms with E-state index < -0.39 is 0 Å². The summed E-state index contributed by atoms with van der Waals surface area (Å²) >= 11 is 0. The molecule has 18 heavy (non-hydrogen) atoms. The SMILES string of the molecule is CC(=O)Nc1ccc(CCCCOC(C)=O)cc1. The molecule has 4 nitrogen and oxygen atoms in total. The Bertz CT molecular complexity index is 398. The first-order valence-corrected chi connectivity index (χ1v) is 6.08. The van der Waals surface area contributed by atoms with Crippen LogP contribution in [0.15, 0.2) is 24.3 Å². The number of hydrogen-bond acceptors (Lipinski definition) is 3. The predicted molar refractivity (Wildman–Crippen MR) is 70.3 cm³/mol. The van der Waals surface area contributed by atoms with Gasteiger partial charge in [-0.3, -0.25) is 9.59 Å². The van der Waals surface area contributed by atoms with Gasteiger partial charge in [-0.25, -0.2) is 0 Å². The van der Waals surface area contributed by atoms with Gasteiger partial charge in [0.25, 0.3) is 0 Å². The number of carbonyl (C=O) groups is 2. The van der Waals surface area contributed by atoms with E-state index in [2.05, 4.69) is 5.32 Å². The van der Waals surface area contributed by atoms with Gasteiger partial charge in [0.15, 0.2) is 0 Å². The number of rotatable bonds is 6. The molecule has 1 rings (SSSR count). The van der Waals surface area contributed by atoms with Crippen LogP contribution in [-0.2, 0) is 20.7 Å². The lowest BCUT2D eigenvalue weighted by molar-refractivity contribution is -0.141. The van der Waals surface area contributed by atoms with Gasteiger partial charge < -0.3 is 10.1 Å². The zero-order valence-electron chi connectivity index (χ0n) is 10.9. The standard InChI is InChI=1S/C14H19NO3/c1-11(16)15-14-8-6-13(7-9-14)5-3-4-10-18-12(2)17/h6-9H,3-5,10H2,1-2H3,(H,15,16). The molecule has 1 amide bonds. The van der Waals surface area contributed by atoms with E-state index in [-0.39, 0.29) is 11.9 Å². The first-order valence-electron chi connectivity index (χ1n) is 6.08. The lowest BCUT2D eigenvalue weighted by Crippen LogP contribution is -2.05. The summed E-state index contributed by atoms with van der Waals surface area (Å²) in [4.78, 5) is 21.4. The Morgan fingerprint density at radius 3 is 2.33 bits per heavy atom. The molecule has 0 aliphatic rings. The Morgan fingerprint density at radius 2 is 1.78 bits per heavy atom. The van der Waals surface area contributed by atoms with Gasteiger partial charge in [0.05, 0.1) is 6.61 Å². The third kappa shape index (κ3) is 6.03. The van der Waals surface area contributed by atoms with Crippen LogP contribution in [0, 0.1) is 0 Å². The van der Waals surface area contributed by atoms with Gasteiger partial charge in [-0.2, -0.15) is 0 Å². The lowest BCUT2D eigenvalue weighted by Gasteiger charge is -2.05. The molecule has 0 heterocycles. The zero-order chi connectivity index (χ0) is 13.4. The number of aryl methyl sites for hydroxylation is 1. The van der Waals surface area contributed by atoms with E-state index >= 15 is 0 Å². The highest BCUT2D eigenvalue weighted by Crippen LogP contribution is 2.11. The van der Waals surface area contributed by atoms with Crippen molar-refractivity contribution in [1.82, 2.24) is 0 Å². The van der Waals surface area contributed by atoms with Crippen LogP contribution < -0.4 is 5.32 Å². The smallest absolute Gasteiger partial charge is 0.302 e. The van der Waals surface area contributed by atoms with Gasteiger partial charge in [-0.1, -0.05) is 12.1 Å². The van der Waals surface area contributed by atoms with Crippen LogP contribution in [0.2, 0.25) is 0 Å². The quantitative estimate of drug-likeness (QED) is 0.622. The van der Waals surface area contributed by atoms with Crippen molar-refractivity contribution in [3.63, 3.8) is 0 Å². The molecule has 0 radical (unpaired) electrons. The second kappa shape index (κ2) is 7.48. The minimum absolute atomic E-state index is 0.0656. The molecule has 0 bridgehead atoms. The van der Waals surface area contributed by atoms with Crippen molar-refractivity contribution in [2.75, 3.05) is 11.9 Å². The normalized spacial score (nSPS) is 9.89. The van der Waals surface area contributed by atoms with Gasteiger partial charge in [-0.15, -0.1) is 0 Å². The fourth-order valence-corrected chi connectivity index (χ4v) is 1.61. The summed E-state index contributed by atoms with van der Waals surface area (Å²) in [5.41, 5.74) is 2.03. The first kappa shape index (κ1) is 14.2. The molecule has 0 aromatic heterocycles. The summed E-state index contributed by atoms with van der Waals surface area (Å²) in [7, 11) is 0. The van der Waals surface area contributed by atoms with Crippen molar-refractivity contribution in [1.29, 1.82) is 0 Å². The van der Waals surface area contributed by atoms with E-state index in [1.54, 1.807) is 0 Å². The van der Waals surface area contributed by atoms with Gasteiger partial charge in [0.2, 0.25) is 5.91 Å². The fraction of sp³-hybridized carbons (Fsp3) is 0.429. The van der Waals surface area contributed by atoms with E-state index in [4.69, 9.17) is 4.74 Å². The average Bonchev–Trinajstić information content (AvgIpc) is 2.30.